The van der Waals surface area contributed by atoms with Gasteiger partial charge in [-0.15, -0.1) is 5.10 Å². The summed E-state index contributed by atoms with van der Waals surface area (Å²) in [6.07, 6.45) is -0.673. The molecule has 0 bridgehead atoms. The fourth-order valence-corrected chi connectivity index (χ4v) is 3.37. The number of amides is 1. The van der Waals surface area contributed by atoms with Crippen molar-refractivity contribution < 1.29 is 19.0 Å². The second-order valence-corrected chi connectivity index (χ2v) is 7.48. The van der Waals surface area contributed by atoms with Gasteiger partial charge in [-0.25, -0.2) is 9.48 Å². The number of hydrogen-bond donors (Lipinski definition) is 1. The van der Waals surface area contributed by atoms with Gasteiger partial charge in [0.15, 0.2) is 11.5 Å². The molecule has 3 aromatic rings. The Kier molecular flexibility index (Phi) is 7.32. The molecule has 1 aromatic heterocycles. The summed E-state index contributed by atoms with van der Waals surface area (Å²) in [6, 6.07) is 11.1. The number of methoxy groups -OCH3 is 2. The fourth-order valence-electron chi connectivity index (χ4n) is 3.37. The fraction of sp³-hybridized carbons (Fsp3) is 0.348. The summed E-state index contributed by atoms with van der Waals surface area (Å²) in [6.45, 7) is 3.20. The predicted molar refractivity (Wildman–Crippen MR) is 121 cm³/mol. The number of rotatable bonds is 8. The van der Waals surface area contributed by atoms with E-state index in [0.29, 0.717) is 35.4 Å². The molecule has 2 aromatic carbocycles. The lowest BCUT2D eigenvalue weighted by Crippen LogP contribution is -2.29. The molecule has 1 N–H and O–H groups in total. The maximum absolute atomic E-state index is 12.7. The van der Waals surface area contributed by atoms with E-state index in [2.05, 4.69) is 15.3 Å². The first-order valence-electron chi connectivity index (χ1n) is 10.2. The highest BCUT2D eigenvalue weighted by Gasteiger charge is 2.18. The van der Waals surface area contributed by atoms with E-state index in [0.717, 1.165) is 17.7 Å². The summed E-state index contributed by atoms with van der Waals surface area (Å²) >= 11 is 0. The van der Waals surface area contributed by atoms with E-state index in [-0.39, 0.29) is 11.4 Å². The zero-order valence-corrected chi connectivity index (χ0v) is 19.0. The van der Waals surface area contributed by atoms with Crippen LogP contribution in [0.4, 0.5) is 4.79 Å². The van der Waals surface area contributed by atoms with E-state index in [1.165, 1.54) is 18.9 Å². The number of carbonyl (C=O) groups excluding carboxylic acids is 1. The van der Waals surface area contributed by atoms with E-state index in [1.54, 1.807) is 19.1 Å². The van der Waals surface area contributed by atoms with E-state index in [4.69, 9.17) is 14.2 Å². The summed E-state index contributed by atoms with van der Waals surface area (Å²) in [4.78, 5) is 27.3. The van der Waals surface area contributed by atoms with Crippen LogP contribution in [-0.4, -0.2) is 49.1 Å². The Morgan fingerprint density at radius 1 is 1.06 bits per heavy atom. The van der Waals surface area contributed by atoms with Crippen LogP contribution in [0.25, 0.3) is 10.8 Å². The lowest BCUT2D eigenvalue weighted by atomic mass is 10.1. The second kappa shape index (κ2) is 10.1. The average molecular weight is 441 g/mol. The highest BCUT2D eigenvalue weighted by Crippen LogP contribution is 2.34. The van der Waals surface area contributed by atoms with Gasteiger partial charge in [-0.05, 0) is 44.3 Å². The third-order valence-corrected chi connectivity index (χ3v) is 4.85. The van der Waals surface area contributed by atoms with Crippen LogP contribution in [0.1, 0.15) is 18.1 Å². The molecule has 0 saturated heterocycles. The van der Waals surface area contributed by atoms with Crippen molar-refractivity contribution in [1.82, 2.24) is 20.0 Å². The normalized spacial score (nSPS) is 10.9. The molecule has 0 aliphatic rings. The SMILES string of the molecule is CCn1nc(OC(=O)NCc2cccc(CN(C)C)c2)c2cc(OC)c(OC)cc2c1=O. The average Bonchev–Trinajstić information content (AvgIpc) is 2.78. The number of benzene rings is 2. The van der Waals surface area contributed by atoms with Crippen molar-refractivity contribution in [3.05, 3.63) is 57.9 Å². The van der Waals surface area contributed by atoms with Gasteiger partial charge in [-0.3, -0.25) is 4.79 Å². The molecule has 32 heavy (non-hydrogen) atoms. The van der Waals surface area contributed by atoms with Crippen molar-refractivity contribution >= 4 is 16.9 Å². The first-order chi connectivity index (χ1) is 15.4. The van der Waals surface area contributed by atoms with Crippen molar-refractivity contribution in [2.75, 3.05) is 28.3 Å². The number of aryl methyl sites for hydroxylation is 1. The van der Waals surface area contributed by atoms with Crippen molar-refractivity contribution in [1.29, 1.82) is 0 Å². The first-order valence-corrected chi connectivity index (χ1v) is 10.2. The van der Waals surface area contributed by atoms with Gasteiger partial charge in [0.25, 0.3) is 5.56 Å². The van der Waals surface area contributed by atoms with Crippen LogP contribution in [0, 0.1) is 0 Å². The van der Waals surface area contributed by atoms with Crippen LogP contribution in [0.15, 0.2) is 41.2 Å². The Morgan fingerprint density at radius 2 is 1.72 bits per heavy atom. The minimum absolute atomic E-state index is 0.0151. The topological polar surface area (TPSA) is 94.9 Å². The van der Waals surface area contributed by atoms with Gasteiger partial charge < -0.3 is 24.4 Å². The Balaban J connectivity index is 1.85. The largest absolute Gasteiger partial charge is 0.493 e. The second-order valence-electron chi connectivity index (χ2n) is 7.48. The lowest BCUT2D eigenvalue weighted by Gasteiger charge is -2.14. The van der Waals surface area contributed by atoms with Crippen molar-refractivity contribution in [3.8, 4) is 17.4 Å². The lowest BCUT2D eigenvalue weighted by molar-refractivity contribution is 0.197. The molecular formula is C23H28N4O5. The van der Waals surface area contributed by atoms with Crippen molar-refractivity contribution in [2.24, 2.45) is 0 Å². The number of ether oxygens (including phenoxy) is 3. The molecule has 9 heteroatoms. The van der Waals surface area contributed by atoms with E-state index >= 15 is 0 Å². The standard InChI is InChI=1S/C23H28N4O5/c1-6-27-22(28)18-12-20(31-5)19(30-4)11-17(18)21(25-27)32-23(29)24-13-15-8-7-9-16(10-15)14-26(2)3/h7-12H,6,13-14H2,1-5H3,(H,24,29). The molecule has 3 rings (SSSR count). The van der Waals surface area contributed by atoms with Crippen LogP contribution in [0.5, 0.6) is 17.4 Å². The summed E-state index contributed by atoms with van der Waals surface area (Å²) < 4.78 is 17.3. The zero-order chi connectivity index (χ0) is 23.3. The van der Waals surface area contributed by atoms with Gasteiger partial charge in [0, 0.05) is 19.6 Å². The number of nitrogens with one attached hydrogen (secondary N) is 1. The molecule has 9 nitrogen and oxygen atoms in total. The molecule has 1 amide bonds. The van der Waals surface area contributed by atoms with Crippen molar-refractivity contribution in [2.45, 2.75) is 26.6 Å². The van der Waals surface area contributed by atoms with Gasteiger partial charge >= 0.3 is 6.09 Å². The van der Waals surface area contributed by atoms with Gasteiger partial charge in [0.1, 0.15) is 0 Å². The molecule has 0 spiro atoms. The summed E-state index contributed by atoms with van der Waals surface area (Å²) in [5.74, 6) is 0.818. The maximum Gasteiger partial charge on any atom is 0.414 e. The third kappa shape index (κ3) is 5.17. The third-order valence-electron chi connectivity index (χ3n) is 4.85. The number of hydrogen-bond acceptors (Lipinski definition) is 7. The summed E-state index contributed by atoms with van der Waals surface area (Å²) in [5.41, 5.74) is 1.78. The molecule has 0 atom stereocenters. The van der Waals surface area contributed by atoms with Crippen LogP contribution < -0.4 is 25.1 Å². The first kappa shape index (κ1) is 23.1. The smallest absolute Gasteiger partial charge is 0.414 e. The highest BCUT2D eigenvalue weighted by atomic mass is 16.6. The molecule has 0 fully saturated rings. The number of aromatic nitrogens is 2. The van der Waals surface area contributed by atoms with Crippen LogP contribution in [-0.2, 0) is 19.6 Å². The van der Waals surface area contributed by atoms with Gasteiger partial charge in [0.05, 0.1) is 25.0 Å². The van der Waals surface area contributed by atoms with E-state index < -0.39 is 6.09 Å². The quantitative estimate of drug-likeness (QED) is 0.575. The van der Waals surface area contributed by atoms with Crippen LogP contribution >= 0.6 is 0 Å². The Labute approximate surface area is 186 Å². The van der Waals surface area contributed by atoms with Crippen LogP contribution in [0.3, 0.4) is 0 Å². The molecule has 0 unspecified atom stereocenters. The highest BCUT2D eigenvalue weighted by molar-refractivity contribution is 5.90. The number of nitrogens with zero attached hydrogens (tertiary/aromatic N) is 3. The predicted octanol–water partition coefficient (Wildman–Crippen LogP) is 2.78. The monoisotopic (exact) mass is 440 g/mol. The van der Waals surface area contributed by atoms with Gasteiger partial charge in [0.2, 0.25) is 5.88 Å². The molecule has 0 aliphatic carbocycles. The van der Waals surface area contributed by atoms with Gasteiger partial charge in [-0.2, -0.15) is 0 Å². The Morgan fingerprint density at radius 3 is 2.34 bits per heavy atom. The molecule has 0 saturated carbocycles. The molecule has 1 heterocycles. The van der Waals surface area contributed by atoms with E-state index in [9.17, 15) is 9.59 Å². The molecule has 0 radical (unpaired) electrons. The van der Waals surface area contributed by atoms with E-state index in [1.807, 2.05) is 38.4 Å². The van der Waals surface area contributed by atoms with Crippen molar-refractivity contribution in [3.63, 3.8) is 0 Å². The molecular weight excluding hydrogens is 412 g/mol. The maximum atomic E-state index is 12.7. The summed E-state index contributed by atoms with van der Waals surface area (Å²) in [7, 11) is 6.98. The number of fused-ring (bicyclic) bond motifs is 1. The molecule has 0 aliphatic heterocycles. The summed E-state index contributed by atoms with van der Waals surface area (Å²) in [5, 5.41) is 7.63. The molecule has 170 valence electrons. The zero-order valence-electron chi connectivity index (χ0n) is 19.0. The van der Waals surface area contributed by atoms with Crippen LogP contribution in [0.2, 0.25) is 0 Å². The van der Waals surface area contributed by atoms with Gasteiger partial charge in [-0.1, -0.05) is 24.3 Å². The Hall–Kier alpha value is -3.59. The minimum atomic E-state index is -0.673. The number of carbonyl (C=O) groups is 1. The minimum Gasteiger partial charge on any atom is -0.493 e. The Bertz CT molecular complexity index is 1170.